The Hall–Kier alpha value is -10.1. The van der Waals surface area contributed by atoms with E-state index in [1.165, 1.54) is 0 Å². The van der Waals surface area contributed by atoms with Gasteiger partial charge < -0.3 is 60.1 Å². The van der Waals surface area contributed by atoms with Crippen molar-refractivity contribution in [3.63, 3.8) is 0 Å². The van der Waals surface area contributed by atoms with Gasteiger partial charge in [-0.15, -0.1) is 0 Å². The number of carbonyl (C=O) groups is 3. The number of nitrogens with one attached hydrogen (secondary N) is 3. The molecule has 78 heavy (non-hydrogen) atoms. The molecule has 0 aromatic carbocycles. The van der Waals surface area contributed by atoms with Crippen LogP contribution in [0.2, 0.25) is 0 Å². The summed E-state index contributed by atoms with van der Waals surface area (Å²) >= 11 is 0. The fourth-order valence-corrected chi connectivity index (χ4v) is 7.80. The van der Waals surface area contributed by atoms with E-state index in [0.717, 1.165) is 5.69 Å². The molecule has 1 aliphatic heterocycles. The van der Waals surface area contributed by atoms with Gasteiger partial charge in [0.05, 0.1) is 25.3 Å². The lowest BCUT2D eigenvalue weighted by molar-refractivity contribution is -0.191. The van der Waals surface area contributed by atoms with Crippen LogP contribution in [0.1, 0.15) is 125 Å². The molecule has 11 heterocycles. The standard InChI is InChI=1S/C25H26N6O6.C24H21N7O7.CO2/c1-8-16-28-19(13(5)34-16)23-30-21(15(7)36-23)25-31-20(14(6)37-25)24-29-18(12(4)35-24)22(32)26-9-17-27-10(2)11(3)33-17;1-8-15-20(32)25-7-14-28-17(10(3)35-14)22-30-19(12(5)37-22)24-31-18(11(4)38-24)23-29-16(9(2)36-23)21(33)26-6-13(27-15)34-8;2-1-3/h8-9H2,1-7H3,(H,26,32);6-7H2,1-5H3,(H,25,32)(H,26,33);. The fraction of sp³-hybridized carbons (Fsp3) is 0.320. The zero-order valence-electron chi connectivity index (χ0n) is 43.9. The third kappa shape index (κ3) is 10.5. The summed E-state index contributed by atoms with van der Waals surface area (Å²) in [5, 5.41) is 8.12. The van der Waals surface area contributed by atoms with Gasteiger partial charge in [0, 0.05) is 6.42 Å². The predicted octanol–water partition coefficient (Wildman–Crippen LogP) is 7.73. The van der Waals surface area contributed by atoms with Crippen molar-refractivity contribution in [1.82, 2.24) is 65.8 Å². The van der Waals surface area contributed by atoms with Crippen molar-refractivity contribution >= 4 is 23.9 Å². The zero-order valence-corrected chi connectivity index (χ0v) is 43.9. The Bertz CT molecular complexity index is 3930. The average Bonchev–Trinajstić information content (AvgIpc) is 4.28. The van der Waals surface area contributed by atoms with Crippen LogP contribution < -0.4 is 16.0 Å². The van der Waals surface area contributed by atoms with Crippen molar-refractivity contribution in [3.05, 3.63) is 104 Å². The first-order valence-electron chi connectivity index (χ1n) is 23.8. The van der Waals surface area contributed by atoms with Crippen molar-refractivity contribution in [1.29, 1.82) is 0 Å². The van der Waals surface area contributed by atoms with Crippen molar-refractivity contribution in [2.75, 3.05) is 0 Å². The maximum absolute atomic E-state index is 12.8. The Morgan fingerprint density at radius 1 is 0.423 bits per heavy atom. The van der Waals surface area contributed by atoms with Crippen LogP contribution in [0.25, 0.3) is 69.5 Å². The molecular weight excluding hydrogens is 1020 g/mol. The molecule has 0 aliphatic carbocycles. The number of nitrogens with zero attached hydrogens (tertiary/aromatic N) is 10. The molecule has 3 N–H and O–H groups in total. The summed E-state index contributed by atoms with van der Waals surface area (Å²) in [5.41, 5.74) is 3.39. The van der Waals surface area contributed by atoms with Gasteiger partial charge in [0.15, 0.2) is 57.1 Å². The highest BCUT2D eigenvalue weighted by Crippen LogP contribution is 2.36. The molecule has 10 aromatic heterocycles. The van der Waals surface area contributed by atoms with E-state index >= 15 is 0 Å². The third-order valence-corrected chi connectivity index (χ3v) is 11.7. The molecule has 0 atom stereocenters. The molecule has 0 radical (unpaired) electrons. The summed E-state index contributed by atoms with van der Waals surface area (Å²) < 4.78 is 57.3. The summed E-state index contributed by atoms with van der Waals surface area (Å²) in [6.45, 7) is 20.9. The van der Waals surface area contributed by atoms with Gasteiger partial charge in [0.2, 0.25) is 53.0 Å². The minimum atomic E-state index is -0.515. The van der Waals surface area contributed by atoms with Crippen molar-refractivity contribution in [2.45, 2.75) is 109 Å². The van der Waals surface area contributed by atoms with E-state index in [4.69, 9.17) is 53.8 Å². The van der Waals surface area contributed by atoms with Gasteiger partial charge in [-0.3, -0.25) is 14.4 Å². The Balaban J connectivity index is 0.000000181. The Morgan fingerprint density at radius 2 is 0.756 bits per heavy atom. The van der Waals surface area contributed by atoms with Crippen LogP contribution in [0, 0.1) is 76.2 Å². The van der Waals surface area contributed by atoms with Crippen molar-refractivity contribution < 1.29 is 68.1 Å². The molecule has 0 spiro atoms. The Kier molecular flexibility index (Phi) is 14.4. The van der Waals surface area contributed by atoms with Crippen molar-refractivity contribution in [3.8, 4) is 69.5 Å². The molecule has 28 heteroatoms. The average molecular weight is 1070 g/mol. The molecule has 0 saturated carbocycles. The maximum Gasteiger partial charge on any atom is 0.373 e. The van der Waals surface area contributed by atoms with E-state index in [9.17, 15) is 14.4 Å². The normalized spacial score (nSPS) is 12.2. The van der Waals surface area contributed by atoms with Crippen LogP contribution >= 0.6 is 0 Å². The van der Waals surface area contributed by atoms with E-state index in [2.05, 4.69) is 65.8 Å². The van der Waals surface area contributed by atoms with Crippen LogP contribution in [0.5, 0.6) is 0 Å². The Morgan fingerprint density at radius 3 is 1.19 bits per heavy atom. The monoisotopic (exact) mass is 1070 g/mol. The van der Waals surface area contributed by atoms with Crippen LogP contribution in [0.15, 0.2) is 44.2 Å². The van der Waals surface area contributed by atoms with E-state index in [0.29, 0.717) is 104 Å². The summed E-state index contributed by atoms with van der Waals surface area (Å²) in [6.07, 6.45) is 0.907. The molecule has 402 valence electrons. The van der Waals surface area contributed by atoms with Gasteiger partial charge in [-0.05, 0) is 76.2 Å². The fourth-order valence-electron chi connectivity index (χ4n) is 7.80. The second-order valence-electron chi connectivity index (χ2n) is 17.3. The van der Waals surface area contributed by atoms with Crippen LogP contribution in [-0.4, -0.2) is 73.7 Å². The highest BCUT2D eigenvalue weighted by atomic mass is 16.4. The lowest BCUT2D eigenvalue weighted by atomic mass is 10.3. The number of rotatable bonds is 7. The summed E-state index contributed by atoms with van der Waals surface area (Å²) in [6, 6.07) is 0. The van der Waals surface area contributed by atoms with Crippen LogP contribution in [0.3, 0.4) is 0 Å². The smallest absolute Gasteiger partial charge is 0.373 e. The van der Waals surface area contributed by atoms with E-state index in [-0.39, 0.29) is 95.6 Å². The molecule has 3 amide bonds. The lowest BCUT2D eigenvalue weighted by Gasteiger charge is -2.00. The van der Waals surface area contributed by atoms with E-state index < -0.39 is 17.7 Å². The molecule has 11 rings (SSSR count). The van der Waals surface area contributed by atoms with Crippen LogP contribution in [-0.2, 0) is 35.6 Å². The molecule has 10 aromatic rings. The predicted molar refractivity (Wildman–Crippen MR) is 259 cm³/mol. The first kappa shape index (κ1) is 52.7. The quantitative estimate of drug-likeness (QED) is 0.137. The summed E-state index contributed by atoms with van der Waals surface area (Å²) in [7, 11) is 0. The molecular formula is C50H47N13O15. The summed E-state index contributed by atoms with van der Waals surface area (Å²) in [4.78, 5) is 98.7. The van der Waals surface area contributed by atoms with Crippen LogP contribution in [0.4, 0.5) is 0 Å². The molecule has 10 bridgehead atoms. The first-order chi connectivity index (χ1) is 37.2. The lowest BCUT2D eigenvalue weighted by Crippen LogP contribution is -2.25. The van der Waals surface area contributed by atoms with E-state index in [1.54, 1.807) is 62.3 Å². The van der Waals surface area contributed by atoms with Gasteiger partial charge >= 0.3 is 6.15 Å². The SMILES string of the molecule is CCc1nc(-c2nc(-c3nc(-c4nc(C(=O)NCc5nc(C)c(C)o5)c(C)o4)c(C)o3)c(C)o2)c(C)o1.Cc1oc2nc1C(=O)NCc1nc(c(C)o1)-c1nc(c(C)o1)-c1nc(c(C)o1)-c1nc(c(C)o1)C(=O)NC2.O=C=O. The van der Waals surface area contributed by atoms with E-state index in [1.807, 2.05) is 20.8 Å². The minimum absolute atomic E-state index is 0.0135. The maximum atomic E-state index is 12.8. The second-order valence-corrected chi connectivity index (χ2v) is 17.3. The number of fused-ring (bicyclic) bond motifs is 13. The van der Waals surface area contributed by atoms with Gasteiger partial charge in [-0.25, -0.2) is 49.8 Å². The third-order valence-electron chi connectivity index (χ3n) is 11.7. The molecule has 28 nitrogen and oxygen atoms in total. The Labute approximate surface area is 439 Å². The van der Waals surface area contributed by atoms with Crippen molar-refractivity contribution in [2.24, 2.45) is 0 Å². The molecule has 1 aliphatic rings. The zero-order chi connectivity index (χ0) is 55.9. The molecule has 0 saturated heterocycles. The van der Waals surface area contributed by atoms with Gasteiger partial charge in [-0.1, -0.05) is 6.92 Å². The van der Waals surface area contributed by atoms with Gasteiger partial charge in [0.1, 0.15) is 57.6 Å². The number of hydrogen-bond acceptors (Lipinski definition) is 25. The molecule has 0 fully saturated rings. The summed E-state index contributed by atoms with van der Waals surface area (Å²) in [5.74, 6) is 5.64. The number of carbonyl (C=O) groups excluding carboxylic acids is 5. The highest BCUT2D eigenvalue weighted by Gasteiger charge is 2.30. The number of aryl methyl sites for hydroxylation is 12. The number of aromatic nitrogens is 10. The van der Waals surface area contributed by atoms with Gasteiger partial charge in [0.25, 0.3) is 17.7 Å². The first-order valence-corrected chi connectivity index (χ1v) is 23.8. The largest absolute Gasteiger partial charge is 0.445 e. The number of hydrogen-bond donors (Lipinski definition) is 3. The number of oxazole rings is 10. The second kappa shape index (κ2) is 21.3. The van der Waals surface area contributed by atoms with Gasteiger partial charge in [-0.2, -0.15) is 9.59 Å². The highest BCUT2D eigenvalue weighted by molar-refractivity contribution is 5.94. The minimum Gasteiger partial charge on any atom is -0.445 e. The topological polar surface area (TPSA) is 382 Å². The molecule has 0 unspecified atom stereocenters. The number of amides is 3.